The van der Waals surface area contributed by atoms with Crippen LogP contribution in [0.2, 0.25) is 0 Å². The van der Waals surface area contributed by atoms with E-state index in [0.29, 0.717) is 0 Å². The largest absolute Gasteiger partial charge is 0.317 e. The minimum Gasteiger partial charge on any atom is -0.317 e. The molecule has 1 N–H and O–H groups in total. The lowest BCUT2D eigenvalue weighted by Crippen LogP contribution is -2.36. The SMILES string of the molecule is CCCN(Cc1nnn(C)n1)CC1CCNCC1. The van der Waals surface area contributed by atoms with Crippen LogP contribution in [0.25, 0.3) is 0 Å². The minimum atomic E-state index is 0.814. The van der Waals surface area contributed by atoms with Crippen molar-refractivity contribution in [1.29, 1.82) is 0 Å². The average molecular weight is 252 g/mol. The molecule has 0 bridgehead atoms. The molecule has 1 aliphatic rings. The summed E-state index contributed by atoms with van der Waals surface area (Å²) in [6, 6.07) is 0. The molecule has 6 nitrogen and oxygen atoms in total. The van der Waals surface area contributed by atoms with Crippen LogP contribution in [0.5, 0.6) is 0 Å². The number of hydrogen-bond donors (Lipinski definition) is 1. The van der Waals surface area contributed by atoms with E-state index in [0.717, 1.165) is 44.5 Å². The first kappa shape index (κ1) is 13.4. The Labute approximate surface area is 109 Å². The molecule has 2 rings (SSSR count). The lowest BCUT2D eigenvalue weighted by atomic mass is 9.97. The minimum absolute atomic E-state index is 0.814. The number of rotatable bonds is 6. The lowest BCUT2D eigenvalue weighted by molar-refractivity contribution is 0.195. The summed E-state index contributed by atoms with van der Waals surface area (Å²) in [7, 11) is 1.81. The summed E-state index contributed by atoms with van der Waals surface area (Å²) in [5.41, 5.74) is 0. The van der Waals surface area contributed by atoms with Crippen LogP contribution in [0.3, 0.4) is 0 Å². The van der Waals surface area contributed by atoms with Crippen molar-refractivity contribution in [3.63, 3.8) is 0 Å². The van der Waals surface area contributed by atoms with E-state index in [-0.39, 0.29) is 0 Å². The number of nitrogens with zero attached hydrogens (tertiary/aromatic N) is 5. The van der Waals surface area contributed by atoms with Gasteiger partial charge in [-0.25, -0.2) is 0 Å². The number of aryl methyl sites for hydroxylation is 1. The molecular formula is C12H24N6. The van der Waals surface area contributed by atoms with Crippen molar-refractivity contribution >= 4 is 0 Å². The molecule has 102 valence electrons. The fourth-order valence-corrected chi connectivity index (χ4v) is 2.57. The van der Waals surface area contributed by atoms with E-state index in [1.165, 1.54) is 24.1 Å². The summed E-state index contributed by atoms with van der Waals surface area (Å²) < 4.78 is 0. The maximum atomic E-state index is 4.27. The van der Waals surface area contributed by atoms with Crippen molar-refractivity contribution in [1.82, 2.24) is 30.4 Å². The summed E-state index contributed by atoms with van der Waals surface area (Å²) in [5.74, 6) is 1.65. The third kappa shape index (κ3) is 4.03. The standard InChI is InChI=1S/C12H24N6/c1-3-8-18(9-11-4-6-13-7-5-11)10-12-14-16-17(2)15-12/h11,13H,3-10H2,1-2H3. The van der Waals surface area contributed by atoms with Gasteiger partial charge >= 0.3 is 0 Å². The van der Waals surface area contributed by atoms with Crippen molar-refractivity contribution in [3.05, 3.63) is 5.82 Å². The van der Waals surface area contributed by atoms with Crippen molar-refractivity contribution < 1.29 is 0 Å². The first-order chi connectivity index (χ1) is 8.78. The molecule has 1 aromatic rings. The Balaban J connectivity index is 1.86. The fourth-order valence-electron chi connectivity index (χ4n) is 2.57. The fraction of sp³-hybridized carbons (Fsp3) is 0.917. The molecule has 1 aliphatic heterocycles. The predicted octanol–water partition coefficient (Wildman–Crippen LogP) is 0.422. The Morgan fingerprint density at radius 2 is 2.17 bits per heavy atom. The molecule has 0 spiro atoms. The Morgan fingerprint density at radius 3 is 2.78 bits per heavy atom. The van der Waals surface area contributed by atoms with E-state index in [1.54, 1.807) is 0 Å². The van der Waals surface area contributed by atoms with Crippen molar-refractivity contribution in [2.45, 2.75) is 32.7 Å². The maximum absolute atomic E-state index is 4.27. The van der Waals surface area contributed by atoms with Crippen molar-refractivity contribution in [2.24, 2.45) is 13.0 Å². The summed E-state index contributed by atoms with van der Waals surface area (Å²) in [6.45, 7) is 7.64. The molecule has 0 aromatic carbocycles. The number of tetrazole rings is 1. The second-order valence-electron chi connectivity index (χ2n) is 5.12. The second-order valence-corrected chi connectivity index (χ2v) is 5.12. The quantitative estimate of drug-likeness (QED) is 0.795. The normalized spacial score (nSPS) is 17.5. The average Bonchev–Trinajstić information content (AvgIpc) is 2.76. The van der Waals surface area contributed by atoms with Crippen LogP contribution in [0.1, 0.15) is 32.0 Å². The van der Waals surface area contributed by atoms with E-state index in [9.17, 15) is 0 Å². The molecule has 0 radical (unpaired) electrons. The van der Waals surface area contributed by atoms with E-state index in [1.807, 2.05) is 7.05 Å². The van der Waals surface area contributed by atoms with Gasteiger partial charge in [0, 0.05) is 6.54 Å². The Bertz CT molecular complexity index is 344. The third-order valence-corrected chi connectivity index (χ3v) is 3.43. The Morgan fingerprint density at radius 1 is 1.39 bits per heavy atom. The van der Waals surface area contributed by atoms with Gasteiger partial charge in [-0.3, -0.25) is 4.90 Å². The van der Waals surface area contributed by atoms with Gasteiger partial charge in [0.05, 0.1) is 13.6 Å². The van der Waals surface area contributed by atoms with E-state index < -0.39 is 0 Å². The molecule has 0 saturated carbocycles. The first-order valence-electron chi connectivity index (χ1n) is 6.94. The topological polar surface area (TPSA) is 58.9 Å². The Kier molecular flexibility index (Phi) is 5.07. The summed E-state index contributed by atoms with van der Waals surface area (Å²) in [5, 5.41) is 15.7. The van der Waals surface area contributed by atoms with Crippen LogP contribution in [-0.4, -0.2) is 51.3 Å². The van der Waals surface area contributed by atoms with Gasteiger partial charge in [0.25, 0.3) is 0 Å². The van der Waals surface area contributed by atoms with Crippen LogP contribution < -0.4 is 5.32 Å². The molecule has 0 aliphatic carbocycles. The zero-order valence-electron chi connectivity index (χ0n) is 11.5. The highest BCUT2D eigenvalue weighted by atomic mass is 15.6. The summed E-state index contributed by atoms with van der Waals surface area (Å²) >= 11 is 0. The monoisotopic (exact) mass is 252 g/mol. The molecule has 0 amide bonds. The van der Waals surface area contributed by atoms with Crippen molar-refractivity contribution in [2.75, 3.05) is 26.2 Å². The second kappa shape index (κ2) is 6.80. The van der Waals surface area contributed by atoms with Gasteiger partial charge in [0.1, 0.15) is 0 Å². The zero-order chi connectivity index (χ0) is 12.8. The smallest absolute Gasteiger partial charge is 0.188 e. The number of nitrogens with one attached hydrogen (secondary N) is 1. The molecular weight excluding hydrogens is 228 g/mol. The lowest BCUT2D eigenvalue weighted by Gasteiger charge is -2.29. The molecule has 1 saturated heterocycles. The highest BCUT2D eigenvalue weighted by Gasteiger charge is 2.17. The molecule has 1 aromatic heterocycles. The van der Waals surface area contributed by atoms with Gasteiger partial charge in [0.2, 0.25) is 0 Å². The number of aromatic nitrogens is 4. The molecule has 0 unspecified atom stereocenters. The molecule has 18 heavy (non-hydrogen) atoms. The number of hydrogen-bond acceptors (Lipinski definition) is 5. The van der Waals surface area contributed by atoms with Crippen LogP contribution in [0.4, 0.5) is 0 Å². The maximum Gasteiger partial charge on any atom is 0.188 e. The van der Waals surface area contributed by atoms with E-state index in [2.05, 4.69) is 32.6 Å². The van der Waals surface area contributed by atoms with Gasteiger partial charge in [-0.15, -0.1) is 10.2 Å². The van der Waals surface area contributed by atoms with Gasteiger partial charge in [-0.05, 0) is 50.0 Å². The zero-order valence-corrected chi connectivity index (χ0v) is 11.5. The van der Waals surface area contributed by atoms with Crippen LogP contribution >= 0.6 is 0 Å². The molecule has 2 heterocycles. The van der Waals surface area contributed by atoms with Crippen molar-refractivity contribution in [3.8, 4) is 0 Å². The van der Waals surface area contributed by atoms with E-state index >= 15 is 0 Å². The summed E-state index contributed by atoms with van der Waals surface area (Å²) in [6.07, 6.45) is 3.74. The van der Waals surface area contributed by atoms with Gasteiger partial charge < -0.3 is 5.32 Å². The first-order valence-corrected chi connectivity index (χ1v) is 6.94. The Hall–Kier alpha value is -1.01. The number of piperidine rings is 1. The summed E-state index contributed by atoms with van der Waals surface area (Å²) in [4.78, 5) is 4.00. The van der Waals surface area contributed by atoms with Gasteiger partial charge in [0.15, 0.2) is 5.82 Å². The van der Waals surface area contributed by atoms with E-state index in [4.69, 9.17) is 0 Å². The third-order valence-electron chi connectivity index (χ3n) is 3.43. The van der Waals surface area contributed by atoms with Crippen LogP contribution in [0, 0.1) is 5.92 Å². The highest BCUT2D eigenvalue weighted by molar-refractivity contribution is 4.79. The predicted molar refractivity (Wildman–Crippen MR) is 70.0 cm³/mol. The van der Waals surface area contributed by atoms with Crippen LogP contribution in [-0.2, 0) is 13.6 Å². The highest BCUT2D eigenvalue weighted by Crippen LogP contribution is 2.14. The molecule has 0 atom stereocenters. The molecule has 1 fully saturated rings. The van der Waals surface area contributed by atoms with Crippen LogP contribution in [0.15, 0.2) is 0 Å². The van der Waals surface area contributed by atoms with Gasteiger partial charge in [-0.2, -0.15) is 4.80 Å². The molecule has 6 heteroatoms. The van der Waals surface area contributed by atoms with Gasteiger partial charge in [-0.1, -0.05) is 6.92 Å².